The minimum absolute atomic E-state index is 1.14. The summed E-state index contributed by atoms with van der Waals surface area (Å²) in [5.74, 6) is 0. The molecule has 0 saturated carbocycles. The Morgan fingerprint density at radius 1 is 1.21 bits per heavy atom. The Labute approximate surface area is 87.0 Å². The SMILES string of the molecule is CCCCC=C=Cc1ccc(C)cc1. The maximum absolute atomic E-state index is 3.21. The molecule has 0 nitrogen and oxygen atoms in total. The Balaban J connectivity index is 2.51. The molecule has 0 amide bonds. The first kappa shape index (κ1) is 10.8. The van der Waals surface area contributed by atoms with Crippen LogP contribution in [0, 0.1) is 6.92 Å². The van der Waals surface area contributed by atoms with E-state index in [1.165, 1.54) is 24.0 Å². The molecule has 74 valence electrons. The Morgan fingerprint density at radius 2 is 1.93 bits per heavy atom. The largest absolute Gasteiger partial charge is 0.125 e. The van der Waals surface area contributed by atoms with Crippen LogP contribution in [0.4, 0.5) is 0 Å². The average Bonchev–Trinajstić information content (AvgIpc) is 2.21. The van der Waals surface area contributed by atoms with Gasteiger partial charge < -0.3 is 0 Å². The molecule has 0 heterocycles. The highest BCUT2D eigenvalue weighted by molar-refractivity contribution is 5.48. The third-order valence-electron chi connectivity index (χ3n) is 2.15. The highest BCUT2D eigenvalue weighted by Crippen LogP contribution is 2.04. The molecule has 0 bridgehead atoms. The van der Waals surface area contributed by atoms with Gasteiger partial charge in [0, 0.05) is 0 Å². The van der Waals surface area contributed by atoms with E-state index in [9.17, 15) is 0 Å². The zero-order chi connectivity index (χ0) is 10.2. The molecule has 1 rings (SSSR count). The summed E-state index contributed by atoms with van der Waals surface area (Å²) in [6.07, 6.45) is 7.80. The van der Waals surface area contributed by atoms with Gasteiger partial charge in [0.15, 0.2) is 0 Å². The van der Waals surface area contributed by atoms with Crippen LogP contribution in [0.15, 0.2) is 36.1 Å². The first-order chi connectivity index (χ1) is 6.83. The first-order valence-electron chi connectivity index (χ1n) is 5.30. The van der Waals surface area contributed by atoms with Crippen LogP contribution in [0.1, 0.15) is 37.3 Å². The lowest BCUT2D eigenvalue weighted by molar-refractivity contribution is 0.815. The lowest BCUT2D eigenvalue weighted by atomic mass is 10.1. The van der Waals surface area contributed by atoms with Crippen molar-refractivity contribution in [2.75, 3.05) is 0 Å². The predicted molar refractivity (Wildman–Crippen MR) is 63.3 cm³/mol. The van der Waals surface area contributed by atoms with Crippen molar-refractivity contribution in [2.24, 2.45) is 0 Å². The highest BCUT2D eigenvalue weighted by atomic mass is 13.9. The zero-order valence-electron chi connectivity index (χ0n) is 9.09. The Hall–Kier alpha value is -1.26. The van der Waals surface area contributed by atoms with E-state index in [1.54, 1.807) is 0 Å². The fourth-order valence-electron chi connectivity index (χ4n) is 1.21. The molecule has 0 fully saturated rings. The summed E-state index contributed by atoms with van der Waals surface area (Å²) in [4.78, 5) is 0. The molecule has 0 aromatic heterocycles. The Morgan fingerprint density at radius 3 is 2.57 bits per heavy atom. The van der Waals surface area contributed by atoms with Crippen LogP contribution < -0.4 is 0 Å². The van der Waals surface area contributed by atoms with Gasteiger partial charge in [-0.3, -0.25) is 0 Å². The van der Waals surface area contributed by atoms with Crippen molar-refractivity contribution < 1.29 is 0 Å². The minimum atomic E-state index is 1.14. The standard InChI is InChI=1S/C14H18/c1-3-4-5-6-7-8-14-11-9-13(2)10-12-14/h6,8-12H,3-5H2,1-2H3. The van der Waals surface area contributed by atoms with Crippen LogP contribution in [0.25, 0.3) is 6.08 Å². The maximum Gasteiger partial charge on any atom is -0.0131 e. The summed E-state index contributed by atoms with van der Waals surface area (Å²) < 4.78 is 0. The van der Waals surface area contributed by atoms with Crippen LogP contribution in [-0.4, -0.2) is 0 Å². The van der Waals surface area contributed by atoms with Gasteiger partial charge in [-0.25, -0.2) is 0 Å². The third kappa shape index (κ3) is 4.11. The average molecular weight is 186 g/mol. The second-order valence-corrected chi connectivity index (χ2v) is 3.57. The van der Waals surface area contributed by atoms with Gasteiger partial charge >= 0.3 is 0 Å². The minimum Gasteiger partial charge on any atom is -0.125 e. The van der Waals surface area contributed by atoms with Crippen molar-refractivity contribution in [2.45, 2.75) is 33.1 Å². The van der Waals surface area contributed by atoms with E-state index in [0.29, 0.717) is 0 Å². The van der Waals surface area contributed by atoms with Crippen molar-refractivity contribution in [1.29, 1.82) is 0 Å². The number of unbranched alkanes of at least 4 members (excludes halogenated alkanes) is 2. The number of hydrogen-bond acceptors (Lipinski definition) is 0. The molecule has 0 atom stereocenters. The van der Waals surface area contributed by atoms with E-state index in [2.05, 4.69) is 49.9 Å². The summed E-state index contributed by atoms with van der Waals surface area (Å²) in [7, 11) is 0. The van der Waals surface area contributed by atoms with E-state index in [4.69, 9.17) is 0 Å². The van der Waals surface area contributed by atoms with Crippen molar-refractivity contribution >= 4 is 6.08 Å². The molecule has 0 aliphatic rings. The molecular weight excluding hydrogens is 168 g/mol. The number of rotatable bonds is 4. The summed E-state index contributed by atoms with van der Waals surface area (Å²) in [6.45, 7) is 4.31. The molecule has 0 aliphatic heterocycles. The number of allylic oxidation sites excluding steroid dienone is 1. The van der Waals surface area contributed by atoms with Crippen LogP contribution in [0.5, 0.6) is 0 Å². The molecule has 0 saturated heterocycles. The third-order valence-corrected chi connectivity index (χ3v) is 2.15. The van der Waals surface area contributed by atoms with Gasteiger partial charge in [0.2, 0.25) is 0 Å². The van der Waals surface area contributed by atoms with Crippen molar-refractivity contribution in [1.82, 2.24) is 0 Å². The highest BCUT2D eigenvalue weighted by Gasteiger charge is 1.84. The maximum atomic E-state index is 3.21. The van der Waals surface area contributed by atoms with Gasteiger partial charge in [-0.05, 0) is 37.5 Å². The van der Waals surface area contributed by atoms with E-state index in [-0.39, 0.29) is 0 Å². The van der Waals surface area contributed by atoms with Gasteiger partial charge in [0.05, 0.1) is 0 Å². The summed E-state index contributed by atoms with van der Waals surface area (Å²) in [6, 6.07) is 8.49. The molecule has 1 aromatic carbocycles. The zero-order valence-corrected chi connectivity index (χ0v) is 9.09. The van der Waals surface area contributed by atoms with Gasteiger partial charge in [-0.1, -0.05) is 43.2 Å². The Kier molecular flexibility index (Phi) is 4.82. The molecule has 1 aromatic rings. The molecule has 0 heteroatoms. The van der Waals surface area contributed by atoms with Gasteiger partial charge in [0.25, 0.3) is 0 Å². The lowest BCUT2D eigenvalue weighted by Crippen LogP contribution is -1.72. The van der Waals surface area contributed by atoms with Crippen molar-refractivity contribution in [3.8, 4) is 0 Å². The lowest BCUT2D eigenvalue weighted by Gasteiger charge is -1.92. The van der Waals surface area contributed by atoms with Gasteiger partial charge in [0.1, 0.15) is 0 Å². The number of benzene rings is 1. The monoisotopic (exact) mass is 186 g/mol. The van der Waals surface area contributed by atoms with Crippen molar-refractivity contribution in [3.63, 3.8) is 0 Å². The number of aryl methyl sites for hydroxylation is 1. The van der Waals surface area contributed by atoms with Crippen LogP contribution in [0.2, 0.25) is 0 Å². The molecule has 0 unspecified atom stereocenters. The van der Waals surface area contributed by atoms with E-state index in [1.807, 2.05) is 6.08 Å². The summed E-state index contributed by atoms with van der Waals surface area (Å²) >= 11 is 0. The van der Waals surface area contributed by atoms with E-state index in [0.717, 1.165) is 6.42 Å². The number of hydrogen-bond donors (Lipinski definition) is 0. The van der Waals surface area contributed by atoms with Crippen LogP contribution in [-0.2, 0) is 0 Å². The Bertz CT molecular complexity index is 310. The van der Waals surface area contributed by atoms with E-state index >= 15 is 0 Å². The van der Waals surface area contributed by atoms with E-state index < -0.39 is 0 Å². The second-order valence-electron chi connectivity index (χ2n) is 3.57. The molecule has 14 heavy (non-hydrogen) atoms. The first-order valence-corrected chi connectivity index (χ1v) is 5.30. The predicted octanol–water partition coefficient (Wildman–Crippen LogP) is 4.35. The fourth-order valence-corrected chi connectivity index (χ4v) is 1.21. The van der Waals surface area contributed by atoms with Crippen LogP contribution >= 0.6 is 0 Å². The smallest absolute Gasteiger partial charge is 0.0131 e. The quantitative estimate of drug-likeness (QED) is 0.484. The molecular formula is C14H18. The second kappa shape index (κ2) is 6.23. The summed E-state index contributed by atoms with van der Waals surface area (Å²) in [5, 5.41) is 0. The normalized spacial score (nSPS) is 9.29. The molecule has 0 N–H and O–H groups in total. The molecule has 0 spiro atoms. The molecule has 0 aliphatic carbocycles. The van der Waals surface area contributed by atoms with Gasteiger partial charge in [-0.2, -0.15) is 0 Å². The topological polar surface area (TPSA) is 0 Å². The van der Waals surface area contributed by atoms with Gasteiger partial charge in [-0.15, -0.1) is 5.73 Å². The van der Waals surface area contributed by atoms with Crippen LogP contribution in [0.3, 0.4) is 0 Å². The van der Waals surface area contributed by atoms with Crippen molar-refractivity contribution in [3.05, 3.63) is 47.2 Å². The fraction of sp³-hybridized carbons (Fsp3) is 0.357. The summed E-state index contributed by atoms with van der Waals surface area (Å²) in [5.41, 5.74) is 5.73. The molecule has 0 radical (unpaired) electrons.